The first-order valence-corrected chi connectivity index (χ1v) is 6.77. The average molecular weight is 263 g/mol. The summed E-state index contributed by atoms with van der Waals surface area (Å²) in [7, 11) is 0. The highest BCUT2D eigenvalue weighted by atomic mass is 16.1. The fourth-order valence-corrected chi connectivity index (χ4v) is 1.97. The predicted octanol–water partition coefficient (Wildman–Crippen LogP) is 1.71. The molecule has 106 valence electrons. The first-order valence-electron chi connectivity index (χ1n) is 6.77. The lowest BCUT2D eigenvalue weighted by Crippen LogP contribution is -2.43. The maximum atomic E-state index is 12.1. The number of pyridine rings is 1. The highest BCUT2D eigenvalue weighted by Crippen LogP contribution is 2.20. The molecule has 0 radical (unpaired) electrons. The minimum atomic E-state index is -0.187. The van der Waals surface area contributed by atoms with Gasteiger partial charge in [-0.05, 0) is 18.1 Å². The van der Waals surface area contributed by atoms with E-state index >= 15 is 0 Å². The second-order valence-electron chi connectivity index (χ2n) is 5.90. The first kappa shape index (κ1) is 15.6. The van der Waals surface area contributed by atoms with Gasteiger partial charge in [-0.1, -0.05) is 33.8 Å². The van der Waals surface area contributed by atoms with E-state index in [2.05, 4.69) is 24.1 Å². The van der Waals surface area contributed by atoms with Gasteiger partial charge in [0, 0.05) is 30.4 Å². The zero-order chi connectivity index (χ0) is 14.5. The van der Waals surface area contributed by atoms with E-state index in [0.717, 1.165) is 5.69 Å². The Morgan fingerprint density at radius 2 is 2.11 bits per heavy atom. The van der Waals surface area contributed by atoms with Gasteiger partial charge in [-0.2, -0.15) is 0 Å². The highest BCUT2D eigenvalue weighted by Gasteiger charge is 2.26. The Hall–Kier alpha value is -1.42. The molecular weight excluding hydrogens is 238 g/mol. The molecule has 0 aliphatic rings. The molecule has 19 heavy (non-hydrogen) atoms. The number of hydrogen-bond acceptors (Lipinski definition) is 3. The van der Waals surface area contributed by atoms with E-state index in [0.29, 0.717) is 13.1 Å². The SMILES string of the molecule is CC(C)C(CN)C(=O)NCC(C)(C)c1ccccn1. The van der Waals surface area contributed by atoms with E-state index in [9.17, 15) is 4.79 Å². The summed E-state index contributed by atoms with van der Waals surface area (Å²) in [4.78, 5) is 16.4. The van der Waals surface area contributed by atoms with Crippen LogP contribution in [0.1, 0.15) is 33.4 Å². The quantitative estimate of drug-likeness (QED) is 0.821. The average Bonchev–Trinajstić information content (AvgIpc) is 2.38. The van der Waals surface area contributed by atoms with Crippen molar-refractivity contribution in [1.82, 2.24) is 10.3 Å². The fourth-order valence-electron chi connectivity index (χ4n) is 1.97. The van der Waals surface area contributed by atoms with E-state index in [1.165, 1.54) is 0 Å². The van der Waals surface area contributed by atoms with Crippen LogP contribution in [0.15, 0.2) is 24.4 Å². The van der Waals surface area contributed by atoms with Gasteiger partial charge < -0.3 is 11.1 Å². The molecule has 3 N–H and O–H groups in total. The van der Waals surface area contributed by atoms with Crippen molar-refractivity contribution in [3.8, 4) is 0 Å². The van der Waals surface area contributed by atoms with Crippen LogP contribution in [0.3, 0.4) is 0 Å². The smallest absolute Gasteiger partial charge is 0.224 e. The Morgan fingerprint density at radius 1 is 1.42 bits per heavy atom. The fraction of sp³-hybridized carbons (Fsp3) is 0.600. The molecule has 0 saturated heterocycles. The van der Waals surface area contributed by atoms with E-state index in [1.807, 2.05) is 32.0 Å². The van der Waals surface area contributed by atoms with Crippen LogP contribution in [0.5, 0.6) is 0 Å². The molecule has 4 nitrogen and oxygen atoms in total. The third kappa shape index (κ3) is 4.31. The van der Waals surface area contributed by atoms with Crippen molar-refractivity contribution >= 4 is 5.91 Å². The Balaban J connectivity index is 2.63. The maximum Gasteiger partial charge on any atom is 0.224 e. The highest BCUT2D eigenvalue weighted by molar-refractivity contribution is 5.79. The summed E-state index contributed by atoms with van der Waals surface area (Å²) >= 11 is 0. The molecule has 0 aliphatic carbocycles. The largest absolute Gasteiger partial charge is 0.355 e. The third-order valence-corrected chi connectivity index (χ3v) is 3.46. The van der Waals surface area contributed by atoms with Crippen LogP contribution in [0.2, 0.25) is 0 Å². The van der Waals surface area contributed by atoms with Crippen molar-refractivity contribution < 1.29 is 4.79 Å². The van der Waals surface area contributed by atoms with Crippen molar-refractivity contribution in [2.24, 2.45) is 17.6 Å². The van der Waals surface area contributed by atoms with Crippen molar-refractivity contribution in [1.29, 1.82) is 0 Å². The number of aromatic nitrogens is 1. The van der Waals surface area contributed by atoms with Crippen LogP contribution < -0.4 is 11.1 Å². The van der Waals surface area contributed by atoms with Gasteiger partial charge in [-0.25, -0.2) is 0 Å². The minimum absolute atomic E-state index is 0.0292. The molecule has 0 saturated carbocycles. The zero-order valence-electron chi connectivity index (χ0n) is 12.3. The van der Waals surface area contributed by atoms with E-state index in [-0.39, 0.29) is 23.2 Å². The summed E-state index contributed by atoms with van der Waals surface area (Å²) in [6.45, 7) is 9.12. The molecule has 0 aromatic carbocycles. The Bertz CT molecular complexity index is 401. The van der Waals surface area contributed by atoms with Crippen molar-refractivity contribution in [3.63, 3.8) is 0 Å². The molecule has 0 bridgehead atoms. The van der Waals surface area contributed by atoms with Crippen LogP contribution in [-0.2, 0) is 10.2 Å². The molecule has 1 aromatic heterocycles. The van der Waals surface area contributed by atoms with E-state index < -0.39 is 0 Å². The summed E-state index contributed by atoms with van der Waals surface area (Å²) in [5.74, 6) is 0.156. The summed E-state index contributed by atoms with van der Waals surface area (Å²) in [6, 6.07) is 5.83. The molecule has 0 fully saturated rings. The number of nitrogens with zero attached hydrogens (tertiary/aromatic N) is 1. The van der Waals surface area contributed by atoms with Crippen LogP contribution >= 0.6 is 0 Å². The van der Waals surface area contributed by atoms with Crippen LogP contribution in [0, 0.1) is 11.8 Å². The van der Waals surface area contributed by atoms with Crippen LogP contribution in [-0.4, -0.2) is 24.0 Å². The lowest BCUT2D eigenvalue weighted by Gasteiger charge is -2.26. The molecule has 4 heteroatoms. The number of hydrogen-bond donors (Lipinski definition) is 2. The molecular formula is C15H25N3O. The molecule has 1 unspecified atom stereocenters. The van der Waals surface area contributed by atoms with Gasteiger partial charge in [-0.15, -0.1) is 0 Å². The van der Waals surface area contributed by atoms with Gasteiger partial charge in [0.1, 0.15) is 0 Å². The second-order valence-corrected chi connectivity index (χ2v) is 5.90. The Morgan fingerprint density at radius 3 is 2.58 bits per heavy atom. The van der Waals surface area contributed by atoms with E-state index in [4.69, 9.17) is 5.73 Å². The molecule has 1 heterocycles. The monoisotopic (exact) mass is 263 g/mol. The predicted molar refractivity (Wildman–Crippen MR) is 77.7 cm³/mol. The number of nitrogens with one attached hydrogen (secondary N) is 1. The molecule has 0 aliphatic heterocycles. The van der Waals surface area contributed by atoms with Gasteiger partial charge in [0.25, 0.3) is 0 Å². The minimum Gasteiger partial charge on any atom is -0.355 e. The van der Waals surface area contributed by atoms with Gasteiger partial charge in [0.2, 0.25) is 5.91 Å². The molecule has 1 aromatic rings. The molecule has 1 rings (SSSR count). The summed E-state index contributed by atoms with van der Waals surface area (Å²) in [6.07, 6.45) is 1.77. The van der Waals surface area contributed by atoms with Gasteiger partial charge in [0.15, 0.2) is 0 Å². The number of carbonyl (C=O) groups is 1. The second kappa shape index (κ2) is 6.66. The standard InChI is InChI=1S/C15H25N3O/c1-11(2)12(9-16)14(19)18-10-15(3,4)13-7-5-6-8-17-13/h5-8,11-12H,9-10,16H2,1-4H3,(H,18,19). The summed E-state index contributed by atoms with van der Waals surface area (Å²) in [5.41, 5.74) is 6.44. The number of nitrogens with two attached hydrogens (primary N) is 1. The maximum absolute atomic E-state index is 12.1. The number of rotatable bonds is 6. The van der Waals surface area contributed by atoms with Gasteiger partial charge >= 0.3 is 0 Å². The van der Waals surface area contributed by atoms with Crippen LogP contribution in [0.25, 0.3) is 0 Å². The van der Waals surface area contributed by atoms with Crippen molar-refractivity contribution in [2.75, 3.05) is 13.1 Å². The molecule has 1 atom stereocenters. The topological polar surface area (TPSA) is 68.0 Å². The van der Waals surface area contributed by atoms with Crippen LogP contribution in [0.4, 0.5) is 0 Å². The Kier molecular flexibility index (Phi) is 5.48. The van der Waals surface area contributed by atoms with E-state index in [1.54, 1.807) is 6.20 Å². The molecule has 1 amide bonds. The summed E-state index contributed by atoms with van der Waals surface area (Å²) < 4.78 is 0. The van der Waals surface area contributed by atoms with Crippen molar-refractivity contribution in [2.45, 2.75) is 33.1 Å². The lowest BCUT2D eigenvalue weighted by atomic mass is 9.88. The zero-order valence-corrected chi connectivity index (χ0v) is 12.3. The number of carbonyl (C=O) groups excluding carboxylic acids is 1. The van der Waals surface area contributed by atoms with Gasteiger partial charge in [-0.3, -0.25) is 9.78 Å². The normalized spacial score (nSPS) is 13.4. The first-order chi connectivity index (χ1) is 8.88. The van der Waals surface area contributed by atoms with Crippen molar-refractivity contribution in [3.05, 3.63) is 30.1 Å². The van der Waals surface area contributed by atoms with Gasteiger partial charge in [0.05, 0.1) is 5.92 Å². The molecule has 0 spiro atoms. The third-order valence-electron chi connectivity index (χ3n) is 3.46. The summed E-state index contributed by atoms with van der Waals surface area (Å²) in [5, 5.41) is 2.99. The lowest BCUT2D eigenvalue weighted by molar-refractivity contribution is -0.126. The number of amides is 1. The Labute approximate surface area is 115 Å².